The fraction of sp³-hybridized carbons (Fsp3) is 0.286. The van der Waals surface area contributed by atoms with Gasteiger partial charge in [0.05, 0.1) is 24.0 Å². The van der Waals surface area contributed by atoms with E-state index >= 15 is 0 Å². The third-order valence-electron chi connectivity index (χ3n) is 4.09. The molecule has 1 N–H and O–H groups in total. The van der Waals surface area contributed by atoms with Gasteiger partial charge in [0, 0.05) is 4.90 Å². The normalized spacial score (nSPS) is 11.8. The number of nitrogens with zero attached hydrogens (tertiary/aromatic N) is 2. The molecule has 0 aliphatic heterocycles. The summed E-state index contributed by atoms with van der Waals surface area (Å²) < 4.78 is 10.6. The third-order valence-corrected chi connectivity index (χ3v) is 5.15. The molecular weight excluding hydrogens is 374 g/mol. The fourth-order valence-electron chi connectivity index (χ4n) is 2.70. The second-order valence-corrected chi connectivity index (χ2v) is 7.23. The number of aryl methyl sites for hydroxylation is 1. The minimum absolute atomic E-state index is 0.119. The molecule has 1 unspecified atom stereocenters. The van der Waals surface area contributed by atoms with Crippen LogP contribution in [-0.4, -0.2) is 22.7 Å². The van der Waals surface area contributed by atoms with Crippen molar-refractivity contribution in [2.75, 3.05) is 6.61 Å². The molecule has 3 rings (SSSR count). The van der Waals surface area contributed by atoms with E-state index in [9.17, 15) is 4.79 Å². The highest BCUT2D eigenvalue weighted by Crippen LogP contribution is 2.26. The number of carbonyl (C=O) groups excluding carboxylic acids is 1. The highest BCUT2D eigenvalue weighted by molar-refractivity contribution is 7.98. The smallest absolute Gasteiger partial charge is 0.252 e. The van der Waals surface area contributed by atoms with Crippen molar-refractivity contribution in [2.24, 2.45) is 0 Å². The van der Waals surface area contributed by atoms with Gasteiger partial charge in [0.25, 0.3) is 5.91 Å². The summed E-state index contributed by atoms with van der Waals surface area (Å²) in [6.07, 6.45) is 0. The highest BCUT2D eigenvalue weighted by atomic mass is 32.2. The maximum Gasteiger partial charge on any atom is 0.252 e. The van der Waals surface area contributed by atoms with E-state index in [0.717, 1.165) is 16.2 Å². The number of benzene rings is 2. The minimum Gasteiger partial charge on any atom is -0.494 e. The van der Waals surface area contributed by atoms with Gasteiger partial charge in [0.1, 0.15) is 5.75 Å². The van der Waals surface area contributed by atoms with Crippen molar-refractivity contribution in [3.05, 3.63) is 71.4 Å². The summed E-state index contributed by atoms with van der Waals surface area (Å²) in [5.41, 5.74) is 1.64. The first-order valence-corrected chi connectivity index (χ1v) is 10.1. The SMILES string of the molecule is CCOc1ccc(C(C)NC(=O)c2ccccc2SCc2nc(C)no2)cc1. The van der Waals surface area contributed by atoms with Gasteiger partial charge in [-0.3, -0.25) is 4.79 Å². The number of rotatable bonds is 8. The van der Waals surface area contributed by atoms with Gasteiger partial charge in [-0.15, -0.1) is 11.8 Å². The zero-order valence-corrected chi connectivity index (χ0v) is 17.0. The summed E-state index contributed by atoms with van der Waals surface area (Å²) in [5, 5.41) is 6.85. The molecule has 0 saturated carbocycles. The molecule has 0 fully saturated rings. The van der Waals surface area contributed by atoms with Crippen molar-refractivity contribution in [1.29, 1.82) is 0 Å². The molecule has 0 bridgehead atoms. The number of hydrogen-bond acceptors (Lipinski definition) is 6. The lowest BCUT2D eigenvalue weighted by molar-refractivity contribution is 0.0937. The van der Waals surface area contributed by atoms with Gasteiger partial charge >= 0.3 is 0 Å². The minimum atomic E-state index is -0.125. The molecule has 1 atom stereocenters. The Bertz CT molecular complexity index is 925. The van der Waals surface area contributed by atoms with Gasteiger partial charge in [-0.25, -0.2) is 0 Å². The van der Waals surface area contributed by atoms with E-state index in [1.54, 1.807) is 6.92 Å². The van der Waals surface area contributed by atoms with Crippen LogP contribution in [0.3, 0.4) is 0 Å². The van der Waals surface area contributed by atoms with E-state index < -0.39 is 0 Å². The third kappa shape index (κ3) is 5.13. The van der Waals surface area contributed by atoms with E-state index in [2.05, 4.69) is 15.5 Å². The molecular formula is C21H23N3O3S. The summed E-state index contributed by atoms with van der Waals surface area (Å²) in [6, 6.07) is 15.1. The standard InChI is InChI=1S/C21H23N3O3S/c1-4-26-17-11-9-16(10-12-17)14(2)22-21(25)18-7-5-6-8-19(18)28-13-20-23-15(3)24-27-20/h5-12,14H,4,13H2,1-3H3,(H,22,25). The molecule has 1 heterocycles. The zero-order chi connectivity index (χ0) is 19.9. The number of hydrogen-bond donors (Lipinski definition) is 1. The molecule has 28 heavy (non-hydrogen) atoms. The molecule has 7 heteroatoms. The Labute approximate surface area is 168 Å². The Balaban J connectivity index is 1.66. The van der Waals surface area contributed by atoms with Gasteiger partial charge in [0.2, 0.25) is 5.89 Å². The lowest BCUT2D eigenvalue weighted by atomic mass is 10.1. The molecule has 0 saturated heterocycles. The summed E-state index contributed by atoms with van der Waals surface area (Å²) in [6.45, 7) is 6.32. The molecule has 1 aromatic heterocycles. The van der Waals surface area contributed by atoms with Crippen LogP contribution in [0.15, 0.2) is 57.9 Å². The first-order chi connectivity index (χ1) is 13.6. The fourth-order valence-corrected chi connectivity index (χ4v) is 3.58. The maximum absolute atomic E-state index is 12.8. The number of thioether (sulfide) groups is 1. The predicted molar refractivity (Wildman–Crippen MR) is 109 cm³/mol. The van der Waals surface area contributed by atoms with E-state index in [4.69, 9.17) is 9.26 Å². The molecule has 0 radical (unpaired) electrons. The van der Waals surface area contributed by atoms with Gasteiger partial charge in [-0.2, -0.15) is 4.98 Å². The van der Waals surface area contributed by atoms with Gasteiger partial charge < -0.3 is 14.6 Å². The Morgan fingerprint density at radius 2 is 1.96 bits per heavy atom. The Morgan fingerprint density at radius 1 is 1.21 bits per heavy atom. The molecule has 146 valence electrons. The van der Waals surface area contributed by atoms with Crippen LogP contribution in [0, 0.1) is 6.92 Å². The van der Waals surface area contributed by atoms with E-state index in [1.165, 1.54) is 11.8 Å². The molecule has 6 nitrogen and oxygen atoms in total. The molecule has 0 aliphatic rings. The topological polar surface area (TPSA) is 77.2 Å². The first kappa shape index (κ1) is 19.9. The van der Waals surface area contributed by atoms with Gasteiger partial charge in [-0.05, 0) is 50.6 Å². The van der Waals surface area contributed by atoms with Crippen LogP contribution >= 0.6 is 11.8 Å². The van der Waals surface area contributed by atoms with E-state index in [0.29, 0.717) is 29.6 Å². The van der Waals surface area contributed by atoms with Crippen LogP contribution in [0.1, 0.15) is 47.5 Å². The largest absolute Gasteiger partial charge is 0.494 e. The van der Waals surface area contributed by atoms with Gasteiger partial charge in [-0.1, -0.05) is 29.4 Å². The van der Waals surface area contributed by atoms with Crippen molar-refractivity contribution in [3.63, 3.8) is 0 Å². The van der Waals surface area contributed by atoms with Crippen molar-refractivity contribution >= 4 is 17.7 Å². The number of amides is 1. The average Bonchev–Trinajstić information content (AvgIpc) is 3.12. The van der Waals surface area contributed by atoms with Crippen LogP contribution in [0.5, 0.6) is 5.75 Å². The number of nitrogens with one attached hydrogen (secondary N) is 1. The quantitative estimate of drug-likeness (QED) is 0.562. The summed E-state index contributed by atoms with van der Waals surface area (Å²) in [4.78, 5) is 17.9. The second-order valence-electron chi connectivity index (χ2n) is 6.22. The monoisotopic (exact) mass is 397 g/mol. The lowest BCUT2D eigenvalue weighted by Crippen LogP contribution is -2.27. The van der Waals surface area contributed by atoms with Crippen LogP contribution in [0.25, 0.3) is 0 Å². The number of ether oxygens (including phenoxy) is 1. The second kappa shape index (κ2) is 9.41. The first-order valence-electron chi connectivity index (χ1n) is 9.11. The summed E-state index contributed by atoms with van der Waals surface area (Å²) in [7, 11) is 0. The van der Waals surface area contributed by atoms with Gasteiger partial charge in [0.15, 0.2) is 5.82 Å². The van der Waals surface area contributed by atoms with Crippen LogP contribution in [-0.2, 0) is 5.75 Å². The molecule has 0 aliphatic carbocycles. The Kier molecular flexibility index (Phi) is 6.71. The van der Waals surface area contributed by atoms with E-state index in [1.807, 2.05) is 62.4 Å². The molecule has 1 amide bonds. The average molecular weight is 398 g/mol. The molecule has 3 aromatic rings. The number of carbonyl (C=O) groups is 1. The highest BCUT2D eigenvalue weighted by Gasteiger charge is 2.16. The maximum atomic E-state index is 12.8. The van der Waals surface area contributed by atoms with Crippen molar-refractivity contribution in [1.82, 2.24) is 15.5 Å². The van der Waals surface area contributed by atoms with Crippen molar-refractivity contribution < 1.29 is 14.1 Å². The number of aromatic nitrogens is 2. The summed E-state index contributed by atoms with van der Waals surface area (Å²) >= 11 is 1.50. The van der Waals surface area contributed by atoms with Crippen molar-refractivity contribution in [3.8, 4) is 5.75 Å². The molecule has 2 aromatic carbocycles. The van der Waals surface area contributed by atoms with Crippen molar-refractivity contribution in [2.45, 2.75) is 37.5 Å². The lowest BCUT2D eigenvalue weighted by Gasteiger charge is -2.16. The summed E-state index contributed by atoms with van der Waals surface area (Å²) in [5.74, 6) is 2.36. The molecule has 0 spiro atoms. The van der Waals surface area contributed by atoms with Crippen LogP contribution in [0.4, 0.5) is 0 Å². The Morgan fingerprint density at radius 3 is 2.64 bits per heavy atom. The van der Waals surface area contributed by atoms with Crippen LogP contribution in [0.2, 0.25) is 0 Å². The Hall–Kier alpha value is -2.80. The zero-order valence-electron chi connectivity index (χ0n) is 16.1. The van der Waals surface area contributed by atoms with E-state index in [-0.39, 0.29) is 11.9 Å². The van der Waals surface area contributed by atoms with Crippen LogP contribution < -0.4 is 10.1 Å². The predicted octanol–water partition coefficient (Wildman–Crippen LogP) is 4.56.